The van der Waals surface area contributed by atoms with Gasteiger partial charge in [-0.15, -0.1) is 0 Å². The summed E-state index contributed by atoms with van der Waals surface area (Å²) in [6, 6.07) is 18.3. The number of carbonyl (C=O) groups is 2. The highest BCUT2D eigenvalue weighted by molar-refractivity contribution is 6.01. The summed E-state index contributed by atoms with van der Waals surface area (Å²) in [6.45, 7) is 0. The maximum absolute atomic E-state index is 12.9. The van der Waals surface area contributed by atoms with Crippen LogP contribution in [0, 0.1) is 0 Å². The first-order chi connectivity index (χ1) is 14.6. The van der Waals surface area contributed by atoms with Gasteiger partial charge in [0.2, 0.25) is 0 Å². The Morgan fingerprint density at radius 3 is 2.57 bits per heavy atom. The molecule has 3 aromatic rings. The Morgan fingerprint density at radius 1 is 1.03 bits per heavy atom. The Hall–Kier alpha value is -3.97. The van der Waals surface area contributed by atoms with Gasteiger partial charge in [-0.05, 0) is 35.4 Å². The number of carbonyl (C=O) groups excluding carboxylic acids is 1. The number of rotatable bonds is 6. The quantitative estimate of drug-likeness (QED) is 0.586. The molecule has 1 aliphatic heterocycles. The summed E-state index contributed by atoms with van der Waals surface area (Å²) in [6.07, 6.45) is 4.02. The highest BCUT2D eigenvalue weighted by Gasteiger charge is 2.26. The minimum absolute atomic E-state index is 0.152. The minimum Gasteiger partial charge on any atom is -0.481 e. The van der Waals surface area contributed by atoms with Crippen LogP contribution < -0.4 is 10.8 Å². The fraction of sp³-hybridized carbons (Fsp3) is 0.0870. The molecule has 0 aliphatic carbocycles. The highest BCUT2D eigenvalue weighted by Crippen LogP contribution is 2.32. The average Bonchev–Trinajstić information content (AvgIpc) is 3.25. The van der Waals surface area contributed by atoms with Crippen LogP contribution in [0.3, 0.4) is 0 Å². The molecule has 7 nitrogen and oxygen atoms in total. The number of hydroxylamine groups is 1. The number of carboxylic acids is 1. The lowest BCUT2D eigenvalue weighted by Gasteiger charge is -2.16. The van der Waals surface area contributed by atoms with E-state index in [1.807, 2.05) is 36.4 Å². The normalized spacial score (nSPS) is 15.2. The molecule has 0 radical (unpaired) electrons. The van der Waals surface area contributed by atoms with Gasteiger partial charge < -0.3 is 10.4 Å². The molecule has 0 saturated carbocycles. The van der Waals surface area contributed by atoms with Gasteiger partial charge in [0.15, 0.2) is 6.10 Å². The number of benzene rings is 2. The van der Waals surface area contributed by atoms with E-state index in [-0.39, 0.29) is 12.3 Å². The van der Waals surface area contributed by atoms with E-state index in [4.69, 9.17) is 4.84 Å². The molecular formula is C23H19N3O4. The summed E-state index contributed by atoms with van der Waals surface area (Å²) >= 11 is 0. The summed E-state index contributed by atoms with van der Waals surface area (Å²) in [5.41, 5.74) is 6.86. The van der Waals surface area contributed by atoms with Crippen LogP contribution in [0.25, 0.3) is 16.8 Å². The lowest BCUT2D eigenvalue weighted by Crippen LogP contribution is -2.28. The smallest absolute Gasteiger partial charge is 0.307 e. The minimum atomic E-state index is -0.942. The highest BCUT2D eigenvalue weighted by atomic mass is 16.7. The van der Waals surface area contributed by atoms with Crippen LogP contribution in [-0.4, -0.2) is 28.1 Å². The fourth-order valence-electron chi connectivity index (χ4n) is 3.32. The molecular weight excluding hydrogens is 382 g/mol. The molecule has 1 aliphatic rings. The molecule has 0 saturated heterocycles. The van der Waals surface area contributed by atoms with E-state index in [2.05, 4.69) is 15.8 Å². The summed E-state index contributed by atoms with van der Waals surface area (Å²) in [5.74, 6) is -1.31. The first-order valence-electron chi connectivity index (χ1n) is 9.35. The lowest BCUT2D eigenvalue weighted by atomic mass is 9.95. The second-order valence-electron chi connectivity index (χ2n) is 6.73. The monoisotopic (exact) mass is 401 g/mol. The van der Waals surface area contributed by atoms with Gasteiger partial charge in [-0.1, -0.05) is 42.5 Å². The summed E-state index contributed by atoms with van der Waals surface area (Å²) < 4.78 is 0. The molecule has 2 heterocycles. The summed E-state index contributed by atoms with van der Waals surface area (Å²) in [7, 11) is 0. The molecule has 1 unspecified atom stereocenters. The van der Waals surface area contributed by atoms with Gasteiger partial charge in [-0.25, -0.2) is 0 Å². The first-order valence-corrected chi connectivity index (χ1v) is 9.35. The summed E-state index contributed by atoms with van der Waals surface area (Å²) in [5, 5.41) is 12.2. The number of aromatic nitrogens is 1. The van der Waals surface area contributed by atoms with Crippen molar-refractivity contribution in [2.45, 2.75) is 12.5 Å². The lowest BCUT2D eigenvalue weighted by molar-refractivity contribution is -0.136. The third-order valence-corrected chi connectivity index (χ3v) is 4.66. The number of anilines is 1. The number of hydrogen-bond donors (Lipinski definition) is 3. The van der Waals surface area contributed by atoms with Crippen LogP contribution in [0.15, 0.2) is 79.1 Å². The van der Waals surface area contributed by atoms with Crippen molar-refractivity contribution in [3.05, 3.63) is 90.3 Å². The fourth-order valence-corrected chi connectivity index (χ4v) is 3.32. The zero-order valence-electron chi connectivity index (χ0n) is 15.9. The van der Waals surface area contributed by atoms with Gasteiger partial charge in [0, 0.05) is 29.2 Å². The van der Waals surface area contributed by atoms with Crippen molar-refractivity contribution in [2.24, 2.45) is 0 Å². The van der Waals surface area contributed by atoms with E-state index < -0.39 is 12.1 Å². The molecule has 150 valence electrons. The van der Waals surface area contributed by atoms with Crippen molar-refractivity contribution < 1.29 is 19.5 Å². The van der Waals surface area contributed by atoms with Crippen LogP contribution >= 0.6 is 0 Å². The molecule has 30 heavy (non-hydrogen) atoms. The van der Waals surface area contributed by atoms with Crippen molar-refractivity contribution in [1.82, 2.24) is 10.5 Å². The van der Waals surface area contributed by atoms with Crippen LogP contribution in [0.4, 0.5) is 5.69 Å². The third kappa shape index (κ3) is 4.21. The molecule has 7 heteroatoms. The number of aliphatic carboxylic acids is 1. The second-order valence-corrected chi connectivity index (χ2v) is 6.73. The molecule has 0 bridgehead atoms. The first kappa shape index (κ1) is 19.4. The standard InChI is InChI=1S/C23H19N3O4/c27-21(28)12-16-8-4-10-18(22(16)15-6-2-1-3-7-15)25-23(29)20-13-19(26-30-20)17-9-5-11-24-14-17/h1-11,13-14,20,26H,12H2,(H,25,29)(H,27,28). The second kappa shape index (κ2) is 8.59. The number of amides is 1. The summed E-state index contributed by atoms with van der Waals surface area (Å²) in [4.78, 5) is 33.7. The molecule has 1 aromatic heterocycles. The van der Waals surface area contributed by atoms with Crippen molar-refractivity contribution in [3.8, 4) is 11.1 Å². The third-order valence-electron chi connectivity index (χ3n) is 4.66. The van der Waals surface area contributed by atoms with Crippen molar-refractivity contribution in [1.29, 1.82) is 0 Å². The van der Waals surface area contributed by atoms with E-state index in [1.54, 1.807) is 42.7 Å². The maximum atomic E-state index is 12.9. The van der Waals surface area contributed by atoms with Gasteiger partial charge in [-0.3, -0.25) is 24.9 Å². The van der Waals surface area contributed by atoms with Gasteiger partial charge >= 0.3 is 5.97 Å². The van der Waals surface area contributed by atoms with Crippen LogP contribution in [0.2, 0.25) is 0 Å². The Kier molecular flexibility index (Phi) is 5.54. The number of hydrogen-bond acceptors (Lipinski definition) is 5. The Morgan fingerprint density at radius 2 is 1.83 bits per heavy atom. The van der Waals surface area contributed by atoms with Crippen molar-refractivity contribution in [3.63, 3.8) is 0 Å². The molecule has 1 atom stereocenters. The van der Waals surface area contributed by atoms with E-state index >= 15 is 0 Å². The van der Waals surface area contributed by atoms with Gasteiger partial charge in [0.25, 0.3) is 5.91 Å². The predicted octanol–water partition coefficient (Wildman–Crippen LogP) is 3.26. The van der Waals surface area contributed by atoms with Gasteiger partial charge in [0.1, 0.15) is 0 Å². The van der Waals surface area contributed by atoms with E-state index in [0.29, 0.717) is 22.5 Å². The average molecular weight is 401 g/mol. The number of pyridine rings is 1. The van der Waals surface area contributed by atoms with Crippen LogP contribution in [0.1, 0.15) is 11.1 Å². The molecule has 4 rings (SSSR count). The SMILES string of the molecule is O=C(O)Cc1cccc(NC(=O)C2C=C(c3cccnc3)NO2)c1-c1ccccc1. The predicted molar refractivity (Wildman–Crippen MR) is 112 cm³/mol. The molecule has 1 amide bonds. The molecule has 3 N–H and O–H groups in total. The van der Waals surface area contributed by atoms with Crippen LogP contribution in [-0.2, 0) is 20.8 Å². The van der Waals surface area contributed by atoms with E-state index in [1.165, 1.54) is 0 Å². The van der Waals surface area contributed by atoms with E-state index in [0.717, 1.165) is 11.1 Å². The molecule has 0 fully saturated rings. The van der Waals surface area contributed by atoms with Crippen molar-refractivity contribution >= 4 is 23.3 Å². The Balaban J connectivity index is 1.62. The number of nitrogens with zero attached hydrogens (tertiary/aromatic N) is 1. The van der Waals surface area contributed by atoms with Gasteiger partial charge in [-0.2, -0.15) is 0 Å². The molecule has 0 spiro atoms. The largest absolute Gasteiger partial charge is 0.481 e. The Labute approximate surface area is 173 Å². The van der Waals surface area contributed by atoms with Gasteiger partial charge in [0.05, 0.1) is 12.1 Å². The zero-order chi connectivity index (χ0) is 20.9. The molecule has 2 aromatic carbocycles. The Bertz CT molecular complexity index is 1100. The van der Waals surface area contributed by atoms with Crippen molar-refractivity contribution in [2.75, 3.05) is 5.32 Å². The zero-order valence-corrected chi connectivity index (χ0v) is 15.9. The number of carboxylic acid groups (broad SMARTS) is 1. The van der Waals surface area contributed by atoms with Crippen LogP contribution in [0.5, 0.6) is 0 Å². The van der Waals surface area contributed by atoms with E-state index in [9.17, 15) is 14.7 Å². The topological polar surface area (TPSA) is 101 Å². The number of nitrogens with one attached hydrogen (secondary N) is 2. The maximum Gasteiger partial charge on any atom is 0.307 e.